The van der Waals surface area contributed by atoms with E-state index in [1.165, 1.54) is 32.2 Å². The zero-order valence-corrected chi connectivity index (χ0v) is 17.7. The molecule has 30 heavy (non-hydrogen) atoms. The van der Waals surface area contributed by atoms with Crippen LogP contribution in [0.2, 0.25) is 0 Å². The minimum Gasteiger partial charge on any atom is -0.352 e. The lowest BCUT2D eigenvalue weighted by molar-refractivity contribution is 0.0949. The van der Waals surface area contributed by atoms with Crippen LogP contribution in [0.4, 0.5) is 0 Å². The molecule has 1 aliphatic rings. The summed E-state index contributed by atoms with van der Waals surface area (Å²) in [5.41, 5.74) is 3.17. The number of rotatable bonds is 7. The lowest BCUT2D eigenvalue weighted by atomic mass is 10.00. The Morgan fingerprint density at radius 1 is 1.20 bits per heavy atom. The van der Waals surface area contributed by atoms with Crippen molar-refractivity contribution < 1.29 is 4.79 Å². The minimum atomic E-state index is -0.0376. The van der Waals surface area contributed by atoms with E-state index in [4.69, 9.17) is 4.98 Å². The lowest BCUT2D eigenvalue weighted by Crippen LogP contribution is -2.40. The van der Waals surface area contributed by atoms with Gasteiger partial charge in [-0.25, -0.2) is 4.98 Å². The number of piperidine rings is 1. The summed E-state index contributed by atoms with van der Waals surface area (Å²) in [5, 5.41) is 4.01. The highest BCUT2D eigenvalue weighted by atomic mass is 16.1. The summed E-state index contributed by atoms with van der Waals surface area (Å²) in [4.78, 5) is 24.6. The monoisotopic (exact) mass is 402 g/mol. The van der Waals surface area contributed by atoms with Crippen LogP contribution in [0.5, 0.6) is 0 Å². The number of likely N-dealkylation sites (tertiary alicyclic amines) is 1. The Kier molecular flexibility index (Phi) is 6.70. The minimum absolute atomic E-state index is 0.0376. The maximum Gasteiger partial charge on any atom is 0.252 e. The van der Waals surface area contributed by atoms with E-state index >= 15 is 0 Å². The number of nitrogens with zero attached hydrogens (tertiary/aromatic N) is 3. The van der Waals surface area contributed by atoms with Crippen LogP contribution in [0.3, 0.4) is 0 Å². The Bertz CT molecular complexity index is 989. The molecule has 5 nitrogen and oxygen atoms in total. The Morgan fingerprint density at radius 3 is 2.93 bits per heavy atom. The molecule has 156 valence electrons. The van der Waals surface area contributed by atoms with Crippen molar-refractivity contribution in [2.45, 2.75) is 45.1 Å². The van der Waals surface area contributed by atoms with Crippen molar-refractivity contribution in [3.63, 3.8) is 0 Å². The van der Waals surface area contributed by atoms with E-state index < -0.39 is 0 Å². The number of hydrogen-bond donors (Lipinski definition) is 1. The van der Waals surface area contributed by atoms with Crippen molar-refractivity contribution in [1.82, 2.24) is 20.2 Å². The molecule has 1 fully saturated rings. The highest BCUT2D eigenvalue weighted by molar-refractivity contribution is 6.07. The van der Waals surface area contributed by atoms with Gasteiger partial charge in [0.1, 0.15) is 0 Å². The smallest absolute Gasteiger partial charge is 0.252 e. The standard InChI is InChI=1S/C25H30N4O/c1-2-20-10-5-6-15-29(20)16-8-14-27-25(30)22-17-24(19-9-7-13-26-18-19)28-23-12-4-3-11-21(22)23/h3-4,7,9,11-13,17-18,20H,2,5-6,8,10,14-16H2,1H3,(H,27,30)/t20-/m0/s1. The number of fused-ring (bicyclic) bond motifs is 1. The first-order valence-electron chi connectivity index (χ1n) is 11.1. The normalized spacial score (nSPS) is 17.2. The fraction of sp³-hybridized carbons (Fsp3) is 0.400. The van der Waals surface area contributed by atoms with Crippen molar-refractivity contribution in [2.24, 2.45) is 0 Å². The molecule has 1 aliphatic heterocycles. The van der Waals surface area contributed by atoms with Crippen LogP contribution in [0.15, 0.2) is 54.9 Å². The zero-order chi connectivity index (χ0) is 20.8. The molecule has 0 unspecified atom stereocenters. The molecule has 1 aromatic carbocycles. The summed E-state index contributed by atoms with van der Waals surface area (Å²) in [6.45, 7) is 5.20. The van der Waals surface area contributed by atoms with Gasteiger partial charge in [-0.05, 0) is 56.5 Å². The molecule has 1 saturated heterocycles. The van der Waals surface area contributed by atoms with E-state index in [0.29, 0.717) is 18.2 Å². The Morgan fingerprint density at radius 2 is 2.10 bits per heavy atom. The SMILES string of the molecule is CC[C@H]1CCCCN1CCCNC(=O)c1cc(-c2cccnc2)nc2ccccc12. The quantitative estimate of drug-likeness (QED) is 0.583. The number of amides is 1. The molecule has 0 radical (unpaired) electrons. The Labute approximate surface area is 178 Å². The molecule has 2 aromatic heterocycles. The molecule has 3 heterocycles. The summed E-state index contributed by atoms with van der Waals surface area (Å²) in [5.74, 6) is -0.0376. The average molecular weight is 403 g/mol. The van der Waals surface area contributed by atoms with Crippen LogP contribution in [0, 0.1) is 0 Å². The van der Waals surface area contributed by atoms with Crippen molar-refractivity contribution in [3.05, 3.63) is 60.4 Å². The number of pyridine rings is 2. The van der Waals surface area contributed by atoms with Crippen molar-refractivity contribution in [2.75, 3.05) is 19.6 Å². The second-order valence-corrected chi connectivity index (χ2v) is 8.02. The van der Waals surface area contributed by atoms with E-state index in [9.17, 15) is 4.79 Å². The van der Waals surface area contributed by atoms with Crippen molar-refractivity contribution >= 4 is 16.8 Å². The van der Waals surface area contributed by atoms with Gasteiger partial charge in [0, 0.05) is 42.5 Å². The van der Waals surface area contributed by atoms with Gasteiger partial charge in [0.25, 0.3) is 5.91 Å². The van der Waals surface area contributed by atoms with Gasteiger partial charge in [-0.15, -0.1) is 0 Å². The van der Waals surface area contributed by atoms with Crippen LogP contribution in [-0.2, 0) is 0 Å². The summed E-state index contributed by atoms with van der Waals surface area (Å²) < 4.78 is 0. The number of carbonyl (C=O) groups excluding carboxylic acids is 1. The van der Waals surface area contributed by atoms with Crippen molar-refractivity contribution in [1.29, 1.82) is 0 Å². The Hall–Kier alpha value is -2.79. The van der Waals surface area contributed by atoms with Crippen LogP contribution in [0.1, 0.15) is 49.4 Å². The molecule has 0 spiro atoms. The second kappa shape index (κ2) is 9.81. The number of hydrogen-bond acceptors (Lipinski definition) is 4. The first-order chi connectivity index (χ1) is 14.8. The van der Waals surface area contributed by atoms with E-state index in [0.717, 1.165) is 35.1 Å². The molecule has 4 rings (SSSR count). The first kappa shape index (κ1) is 20.5. The molecule has 1 amide bonds. The molecular weight excluding hydrogens is 372 g/mol. The molecule has 1 N–H and O–H groups in total. The molecule has 1 atom stereocenters. The average Bonchev–Trinajstić information content (AvgIpc) is 2.81. The van der Waals surface area contributed by atoms with Gasteiger partial charge in [0.2, 0.25) is 0 Å². The molecule has 0 aliphatic carbocycles. The zero-order valence-electron chi connectivity index (χ0n) is 17.7. The fourth-order valence-electron chi connectivity index (χ4n) is 4.42. The number of aromatic nitrogens is 2. The Balaban J connectivity index is 1.46. The van der Waals surface area contributed by atoms with Gasteiger partial charge in [-0.1, -0.05) is 31.5 Å². The number of nitrogens with one attached hydrogen (secondary N) is 1. The molecule has 5 heteroatoms. The molecule has 0 saturated carbocycles. The van der Waals surface area contributed by atoms with Crippen LogP contribution < -0.4 is 5.32 Å². The van der Waals surface area contributed by atoms with Gasteiger partial charge >= 0.3 is 0 Å². The maximum absolute atomic E-state index is 13.0. The van der Waals surface area contributed by atoms with Gasteiger partial charge in [0.05, 0.1) is 16.8 Å². The van der Waals surface area contributed by atoms with Crippen molar-refractivity contribution in [3.8, 4) is 11.3 Å². The summed E-state index contributed by atoms with van der Waals surface area (Å²) in [6.07, 6.45) is 9.66. The van der Waals surface area contributed by atoms with E-state index in [2.05, 4.69) is 22.1 Å². The van der Waals surface area contributed by atoms with Gasteiger partial charge in [-0.2, -0.15) is 0 Å². The lowest BCUT2D eigenvalue weighted by Gasteiger charge is -2.35. The van der Waals surface area contributed by atoms with Gasteiger partial charge in [-0.3, -0.25) is 9.78 Å². The highest BCUT2D eigenvalue weighted by Gasteiger charge is 2.20. The molecular formula is C25H30N4O. The van der Waals surface area contributed by atoms with E-state index in [-0.39, 0.29) is 5.91 Å². The van der Waals surface area contributed by atoms with Crippen LogP contribution in [-0.4, -0.2) is 46.5 Å². The van der Waals surface area contributed by atoms with Crippen LogP contribution >= 0.6 is 0 Å². The molecule has 3 aromatic rings. The first-order valence-corrected chi connectivity index (χ1v) is 11.1. The number of para-hydroxylation sites is 1. The third-order valence-electron chi connectivity index (χ3n) is 6.05. The summed E-state index contributed by atoms with van der Waals surface area (Å²) in [7, 11) is 0. The predicted octanol–water partition coefficient (Wildman–Crippen LogP) is 4.68. The number of carbonyl (C=O) groups is 1. The van der Waals surface area contributed by atoms with Gasteiger partial charge < -0.3 is 10.2 Å². The predicted molar refractivity (Wildman–Crippen MR) is 121 cm³/mol. The number of benzene rings is 1. The van der Waals surface area contributed by atoms with E-state index in [1.54, 1.807) is 12.4 Å². The second-order valence-electron chi connectivity index (χ2n) is 8.02. The maximum atomic E-state index is 13.0. The third kappa shape index (κ3) is 4.68. The van der Waals surface area contributed by atoms with Gasteiger partial charge in [0.15, 0.2) is 0 Å². The van der Waals surface area contributed by atoms with Crippen LogP contribution in [0.25, 0.3) is 22.2 Å². The van der Waals surface area contributed by atoms with E-state index in [1.807, 2.05) is 42.5 Å². The summed E-state index contributed by atoms with van der Waals surface area (Å²) >= 11 is 0. The molecule has 0 bridgehead atoms. The fourth-order valence-corrected chi connectivity index (χ4v) is 4.42. The largest absolute Gasteiger partial charge is 0.352 e. The summed E-state index contributed by atoms with van der Waals surface area (Å²) in [6, 6.07) is 14.3. The third-order valence-corrected chi connectivity index (χ3v) is 6.05. The highest BCUT2D eigenvalue weighted by Crippen LogP contribution is 2.24. The topological polar surface area (TPSA) is 58.1 Å².